The Morgan fingerprint density at radius 2 is 1.80 bits per heavy atom. The summed E-state index contributed by atoms with van der Waals surface area (Å²) >= 11 is 1.21. The molecule has 1 aromatic carbocycles. The van der Waals surface area contributed by atoms with Crippen LogP contribution in [0.25, 0.3) is 11.0 Å². The molecule has 0 aliphatic carbocycles. The third kappa shape index (κ3) is 3.19. The van der Waals surface area contributed by atoms with Crippen LogP contribution in [0.4, 0.5) is 5.82 Å². The molecule has 0 fully saturated rings. The van der Waals surface area contributed by atoms with E-state index in [1.807, 2.05) is 38.1 Å². The highest BCUT2D eigenvalue weighted by molar-refractivity contribution is 8.00. The van der Waals surface area contributed by atoms with Crippen LogP contribution >= 0.6 is 11.8 Å². The summed E-state index contributed by atoms with van der Waals surface area (Å²) in [6.07, 6.45) is 0. The van der Waals surface area contributed by atoms with Crippen molar-refractivity contribution in [2.24, 2.45) is 0 Å². The number of fused-ring (bicyclic) bond motifs is 1. The molecular weight excluding hydrogens is 274 g/mol. The van der Waals surface area contributed by atoms with Gasteiger partial charge in [-0.15, -0.1) is 0 Å². The van der Waals surface area contributed by atoms with Crippen molar-refractivity contribution < 1.29 is 9.90 Å². The topological polar surface area (TPSA) is 66.3 Å². The average molecular weight is 291 g/mol. The number of carbonyl (C=O) groups is 1. The van der Waals surface area contributed by atoms with Crippen LogP contribution in [-0.4, -0.2) is 39.9 Å². The minimum atomic E-state index is -0.851. The zero-order valence-corrected chi connectivity index (χ0v) is 12.4. The van der Waals surface area contributed by atoms with Crippen LogP contribution in [0.3, 0.4) is 0 Å². The molecular formula is C14H17N3O2S. The van der Waals surface area contributed by atoms with E-state index >= 15 is 0 Å². The summed E-state index contributed by atoms with van der Waals surface area (Å²) in [7, 11) is 0. The van der Waals surface area contributed by atoms with Crippen LogP contribution < -0.4 is 4.90 Å². The number of aromatic nitrogens is 2. The molecule has 1 N–H and O–H groups in total. The molecule has 0 saturated carbocycles. The number of rotatable bonds is 6. The first-order valence-corrected chi connectivity index (χ1v) is 7.50. The van der Waals surface area contributed by atoms with E-state index in [1.54, 1.807) is 0 Å². The molecule has 6 heteroatoms. The minimum absolute atomic E-state index is 0.0126. The van der Waals surface area contributed by atoms with E-state index in [2.05, 4.69) is 14.9 Å². The van der Waals surface area contributed by atoms with Crippen molar-refractivity contribution >= 4 is 34.6 Å². The van der Waals surface area contributed by atoms with E-state index in [-0.39, 0.29) is 5.75 Å². The molecule has 106 valence electrons. The van der Waals surface area contributed by atoms with Gasteiger partial charge in [-0.25, -0.2) is 9.97 Å². The Morgan fingerprint density at radius 3 is 2.35 bits per heavy atom. The Bertz CT molecular complexity index is 614. The van der Waals surface area contributed by atoms with Crippen molar-refractivity contribution in [2.45, 2.75) is 18.9 Å². The number of hydrogen-bond donors (Lipinski definition) is 1. The largest absolute Gasteiger partial charge is 0.481 e. The van der Waals surface area contributed by atoms with Crippen LogP contribution in [0.1, 0.15) is 13.8 Å². The molecule has 0 saturated heterocycles. The zero-order chi connectivity index (χ0) is 14.5. The average Bonchev–Trinajstić information content (AvgIpc) is 2.46. The maximum absolute atomic E-state index is 10.8. The predicted octanol–water partition coefficient (Wildman–Crippen LogP) is 2.65. The second-order valence-electron chi connectivity index (χ2n) is 4.20. The number of anilines is 1. The lowest BCUT2D eigenvalue weighted by atomic mass is 10.3. The third-order valence-electron chi connectivity index (χ3n) is 2.92. The Morgan fingerprint density at radius 1 is 1.20 bits per heavy atom. The summed E-state index contributed by atoms with van der Waals surface area (Å²) < 4.78 is 0. The Labute approximate surface area is 122 Å². The molecule has 0 spiro atoms. The van der Waals surface area contributed by atoms with Crippen LogP contribution in [0.5, 0.6) is 0 Å². The van der Waals surface area contributed by atoms with Crippen LogP contribution in [0.2, 0.25) is 0 Å². The van der Waals surface area contributed by atoms with Crippen LogP contribution in [0.15, 0.2) is 29.3 Å². The fourth-order valence-corrected chi connectivity index (χ4v) is 2.66. The highest BCUT2D eigenvalue weighted by Crippen LogP contribution is 2.28. The van der Waals surface area contributed by atoms with E-state index in [1.165, 1.54) is 11.8 Å². The Kier molecular flexibility index (Phi) is 4.79. The lowest BCUT2D eigenvalue weighted by molar-refractivity contribution is -0.133. The van der Waals surface area contributed by atoms with E-state index in [9.17, 15) is 4.79 Å². The highest BCUT2D eigenvalue weighted by Gasteiger charge is 2.15. The van der Waals surface area contributed by atoms with Gasteiger partial charge in [-0.2, -0.15) is 0 Å². The molecule has 5 nitrogen and oxygen atoms in total. The van der Waals surface area contributed by atoms with Gasteiger partial charge in [0.25, 0.3) is 0 Å². The predicted molar refractivity (Wildman–Crippen MR) is 81.5 cm³/mol. The van der Waals surface area contributed by atoms with E-state index < -0.39 is 5.97 Å². The van der Waals surface area contributed by atoms with Gasteiger partial charge in [0.05, 0.1) is 16.8 Å². The Hall–Kier alpha value is -1.82. The Balaban J connectivity index is 2.48. The smallest absolute Gasteiger partial charge is 0.313 e. The van der Waals surface area contributed by atoms with Gasteiger partial charge in [0.2, 0.25) is 0 Å². The fourth-order valence-electron chi connectivity index (χ4n) is 1.93. The first-order chi connectivity index (χ1) is 9.65. The van der Waals surface area contributed by atoms with Crippen molar-refractivity contribution in [1.82, 2.24) is 9.97 Å². The second kappa shape index (κ2) is 6.56. The number of aliphatic carboxylic acids is 1. The van der Waals surface area contributed by atoms with Gasteiger partial charge in [0.1, 0.15) is 5.03 Å². The van der Waals surface area contributed by atoms with Gasteiger partial charge in [-0.3, -0.25) is 4.79 Å². The number of para-hydroxylation sites is 2. The molecule has 20 heavy (non-hydrogen) atoms. The molecule has 0 aliphatic heterocycles. The molecule has 0 amide bonds. The molecule has 2 rings (SSSR count). The van der Waals surface area contributed by atoms with Crippen molar-refractivity contribution in [1.29, 1.82) is 0 Å². The van der Waals surface area contributed by atoms with Crippen molar-refractivity contribution in [2.75, 3.05) is 23.7 Å². The number of hydrogen-bond acceptors (Lipinski definition) is 5. The number of nitrogens with zero attached hydrogens (tertiary/aromatic N) is 3. The van der Waals surface area contributed by atoms with Gasteiger partial charge in [-0.1, -0.05) is 23.9 Å². The normalized spacial score (nSPS) is 10.7. The van der Waals surface area contributed by atoms with Gasteiger partial charge in [0, 0.05) is 13.1 Å². The second-order valence-corrected chi connectivity index (χ2v) is 5.16. The fraction of sp³-hybridized carbons (Fsp3) is 0.357. The van der Waals surface area contributed by atoms with Crippen LogP contribution in [-0.2, 0) is 4.79 Å². The number of carboxylic acids is 1. The van der Waals surface area contributed by atoms with E-state index in [4.69, 9.17) is 5.11 Å². The van der Waals surface area contributed by atoms with E-state index in [0.717, 1.165) is 29.9 Å². The summed E-state index contributed by atoms with van der Waals surface area (Å²) in [5.74, 6) is -0.100. The summed E-state index contributed by atoms with van der Waals surface area (Å²) in [6.45, 7) is 5.71. The quantitative estimate of drug-likeness (QED) is 0.825. The highest BCUT2D eigenvalue weighted by atomic mass is 32.2. The van der Waals surface area contributed by atoms with Gasteiger partial charge < -0.3 is 10.0 Å². The lowest BCUT2D eigenvalue weighted by Crippen LogP contribution is -2.24. The number of benzene rings is 1. The molecule has 1 heterocycles. The molecule has 2 aromatic rings. The van der Waals surface area contributed by atoms with E-state index in [0.29, 0.717) is 5.03 Å². The van der Waals surface area contributed by atoms with Crippen LogP contribution in [0, 0.1) is 0 Å². The van der Waals surface area contributed by atoms with Gasteiger partial charge >= 0.3 is 5.97 Å². The summed E-state index contributed by atoms with van der Waals surface area (Å²) in [6, 6.07) is 7.63. The molecule has 0 aliphatic rings. The first-order valence-electron chi connectivity index (χ1n) is 6.52. The van der Waals surface area contributed by atoms with Crippen molar-refractivity contribution in [3.63, 3.8) is 0 Å². The molecule has 0 atom stereocenters. The summed E-state index contributed by atoms with van der Waals surface area (Å²) in [4.78, 5) is 22.1. The summed E-state index contributed by atoms with van der Waals surface area (Å²) in [5, 5.41) is 9.53. The molecule has 1 aromatic heterocycles. The molecule has 0 bridgehead atoms. The summed E-state index contributed by atoms with van der Waals surface area (Å²) in [5.41, 5.74) is 1.62. The monoisotopic (exact) mass is 291 g/mol. The standard InChI is InChI=1S/C14H17N3O2S/c1-3-17(4-2)13-14(20-9-12(18)19)16-11-8-6-5-7-10(11)15-13/h5-8H,3-4,9H2,1-2H3,(H,18,19). The SMILES string of the molecule is CCN(CC)c1nc2ccccc2nc1SCC(=O)O. The maximum atomic E-state index is 10.8. The molecule has 0 radical (unpaired) electrons. The minimum Gasteiger partial charge on any atom is -0.481 e. The third-order valence-corrected chi connectivity index (χ3v) is 3.86. The first kappa shape index (κ1) is 14.6. The number of thioether (sulfide) groups is 1. The van der Waals surface area contributed by atoms with Crippen molar-refractivity contribution in [3.8, 4) is 0 Å². The zero-order valence-electron chi connectivity index (χ0n) is 11.5. The lowest BCUT2D eigenvalue weighted by Gasteiger charge is -2.22. The number of carboxylic acid groups (broad SMARTS) is 1. The van der Waals surface area contributed by atoms with Crippen molar-refractivity contribution in [3.05, 3.63) is 24.3 Å². The van der Waals surface area contributed by atoms with Gasteiger partial charge in [0.15, 0.2) is 5.82 Å². The molecule has 0 unspecified atom stereocenters. The maximum Gasteiger partial charge on any atom is 0.313 e. The van der Waals surface area contributed by atoms with Gasteiger partial charge in [-0.05, 0) is 26.0 Å².